The first-order valence-corrected chi connectivity index (χ1v) is 14.4. The van der Waals surface area contributed by atoms with Crippen molar-refractivity contribution < 1.29 is 9.59 Å². The number of hydrogen-bond acceptors (Lipinski definition) is 3. The number of aryl methyl sites for hydroxylation is 1. The van der Waals surface area contributed by atoms with Gasteiger partial charge in [0, 0.05) is 40.7 Å². The molecule has 4 aromatic rings. The summed E-state index contributed by atoms with van der Waals surface area (Å²) in [5.74, 6) is 0.915. The van der Waals surface area contributed by atoms with E-state index >= 15 is 0 Å². The number of rotatable bonds is 8. The van der Waals surface area contributed by atoms with Gasteiger partial charge in [0.05, 0.1) is 0 Å². The molecule has 1 aliphatic heterocycles. The predicted molar refractivity (Wildman–Crippen MR) is 156 cm³/mol. The highest BCUT2D eigenvalue weighted by molar-refractivity contribution is 6.02. The number of piperidine rings is 1. The molecule has 0 radical (unpaired) electrons. The van der Waals surface area contributed by atoms with Gasteiger partial charge in [0.1, 0.15) is 0 Å². The van der Waals surface area contributed by atoms with Crippen molar-refractivity contribution in [2.75, 3.05) is 26.2 Å². The van der Waals surface area contributed by atoms with Crippen molar-refractivity contribution in [1.29, 1.82) is 0 Å². The number of ketones is 1. The Morgan fingerprint density at radius 1 is 0.949 bits per heavy atom. The third-order valence-corrected chi connectivity index (χ3v) is 8.77. The number of Topliss-reactive ketones (excluding diaryl/α,β-unsaturated/α-hetero) is 1. The van der Waals surface area contributed by atoms with E-state index in [1.54, 1.807) is 0 Å². The standard InChI is InChI=1S/C34H37N3O2/c38-33-26(17-21-37-19-15-25(16-20-37)24-6-2-1-3-7-24)10-11-27-22-28(12-13-31(27)33)34(39)35-18-14-29-23-36-32-9-5-4-8-30(29)32/h1-9,12-13,22-23,25-26,36H,10-11,14-21H2,(H,35,39). The predicted octanol–water partition coefficient (Wildman–Crippen LogP) is 6.16. The van der Waals surface area contributed by atoms with Gasteiger partial charge in [0.25, 0.3) is 5.91 Å². The van der Waals surface area contributed by atoms with Crippen molar-refractivity contribution in [3.8, 4) is 0 Å². The Morgan fingerprint density at radius 2 is 1.74 bits per heavy atom. The number of nitrogens with zero attached hydrogens (tertiary/aromatic N) is 1. The molecule has 0 spiro atoms. The van der Waals surface area contributed by atoms with Gasteiger partial charge in [-0.2, -0.15) is 0 Å². The van der Waals surface area contributed by atoms with Crippen LogP contribution >= 0.6 is 0 Å². The summed E-state index contributed by atoms with van der Waals surface area (Å²) in [6, 6.07) is 24.7. The summed E-state index contributed by atoms with van der Waals surface area (Å²) in [4.78, 5) is 32.0. The number of benzene rings is 3. The number of hydrogen-bond donors (Lipinski definition) is 2. The van der Waals surface area contributed by atoms with Gasteiger partial charge in [-0.05, 0) is 99.0 Å². The minimum Gasteiger partial charge on any atom is -0.361 e. The number of para-hydroxylation sites is 1. The van der Waals surface area contributed by atoms with E-state index in [1.165, 1.54) is 29.4 Å². The fourth-order valence-corrected chi connectivity index (χ4v) is 6.44. The van der Waals surface area contributed by atoms with Crippen LogP contribution in [0.4, 0.5) is 0 Å². The number of H-pyrrole nitrogens is 1. The van der Waals surface area contributed by atoms with E-state index in [2.05, 4.69) is 57.7 Å². The van der Waals surface area contributed by atoms with E-state index in [0.717, 1.165) is 62.0 Å². The van der Waals surface area contributed by atoms with Gasteiger partial charge in [-0.3, -0.25) is 9.59 Å². The number of nitrogens with one attached hydrogen (secondary N) is 2. The highest BCUT2D eigenvalue weighted by Gasteiger charge is 2.29. The number of fused-ring (bicyclic) bond motifs is 2. The van der Waals surface area contributed by atoms with Crippen molar-refractivity contribution in [2.24, 2.45) is 5.92 Å². The van der Waals surface area contributed by atoms with Crippen molar-refractivity contribution in [3.05, 3.63) is 107 Å². The molecule has 6 rings (SSSR count). The molecule has 5 nitrogen and oxygen atoms in total. The molecule has 200 valence electrons. The highest BCUT2D eigenvalue weighted by atomic mass is 16.1. The van der Waals surface area contributed by atoms with E-state index in [4.69, 9.17) is 0 Å². The van der Waals surface area contributed by atoms with E-state index in [9.17, 15) is 9.59 Å². The molecule has 0 saturated carbocycles. The lowest BCUT2D eigenvalue weighted by Gasteiger charge is -2.33. The summed E-state index contributed by atoms with van der Waals surface area (Å²) in [5, 5.41) is 4.25. The molecule has 1 aromatic heterocycles. The van der Waals surface area contributed by atoms with Gasteiger partial charge in [0.2, 0.25) is 0 Å². The molecule has 1 fully saturated rings. The molecule has 1 saturated heterocycles. The second-order valence-electron chi connectivity index (χ2n) is 11.2. The van der Waals surface area contributed by atoms with Gasteiger partial charge in [0.15, 0.2) is 5.78 Å². The first-order chi connectivity index (χ1) is 19.2. The molecule has 39 heavy (non-hydrogen) atoms. The van der Waals surface area contributed by atoms with Crippen LogP contribution in [0, 0.1) is 5.92 Å². The van der Waals surface area contributed by atoms with Gasteiger partial charge >= 0.3 is 0 Å². The SMILES string of the molecule is O=C(NCCc1c[nH]c2ccccc12)c1ccc2c(c1)CCC(CCN1CCC(c3ccccc3)CC1)C2=O. The van der Waals surface area contributed by atoms with Gasteiger partial charge < -0.3 is 15.2 Å². The molecule has 1 amide bonds. The fourth-order valence-electron chi connectivity index (χ4n) is 6.44. The first-order valence-electron chi connectivity index (χ1n) is 14.4. The smallest absolute Gasteiger partial charge is 0.251 e. The molecule has 5 heteroatoms. The van der Waals surface area contributed by atoms with Crippen LogP contribution in [-0.2, 0) is 12.8 Å². The van der Waals surface area contributed by atoms with Crippen LogP contribution in [0.25, 0.3) is 10.9 Å². The molecule has 1 aliphatic carbocycles. The minimum atomic E-state index is -0.0777. The largest absolute Gasteiger partial charge is 0.361 e. The molecule has 1 unspecified atom stereocenters. The molecule has 1 atom stereocenters. The van der Waals surface area contributed by atoms with Crippen LogP contribution in [0.1, 0.15) is 69.0 Å². The Balaban J connectivity index is 0.988. The van der Waals surface area contributed by atoms with Crippen LogP contribution in [0.5, 0.6) is 0 Å². The molecule has 2 heterocycles. The number of carbonyl (C=O) groups excluding carboxylic acids is 2. The average molecular weight is 520 g/mol. The van der Waals surface area contributed by atoms with Crippen molar-refractivity contribution in [3.63, 3.8) is 0 Å². The first kappa shape index (κ1) is 25.6. The van der Waals surface area contributed by atoms with E-state index in [-0.39, 0.29) is 17.6 Å². The van der Waals surface area contributed by atoms with Gasteiger partial charge in [-0.15, -0.1) is 0 Å². The maximum Gasteiger partial charge on any atom is 0.251 e. The lowest BCUT2D eigenvalue weighted by Crippen LogP contribution is -2.35. The normalized spacial score (nSPS) is 18.3. The number of aromatic nitrogens is 1. The van der Waals surface area contributed by atoms with Gasteiger partial charge in [-0.25, -0.2) is 0 Å². The molecular formula is C34H37N3O2. The van der Waals surface area contributed by atoms with E-state index in [0.29, 0.717) is 18.0 Å². The topological polar surface area (TPSA) is 65.2 Å². The maximum atomic E-state index is 13.3. The number of likely N-dealkylation sites (tertiary alicyclic amines) is 1. The lowest BCUT2D eigenvalue weighted by molar-refractivity contribution is 0.0875. The monoisotopic (exact) mass is 519 g/mol. The van der Waals surface area contributed by atoms with Crippen molar-refractivity contribution in [2.45, 2.75) is 44.4 Å². The molecular weight excluding hydrogens is 482 g/mol. The Labute approximate surface area is 230 Å². The average Bonchev–Trinajstić information content (AvgIpc) is 3.40. The Kier molecular flexibility index (Phi) is 7.60. The van der Waals surface area contributed by atoms with Crippen molar-refractivity contribution in [1.82, 2.24) is 15.2 Å². The molecule has 2 N–H and O–H groups in total. The second kappa shape index (κ2) is 11.6. The Hall–Kier alpha value is -3.70. The Morgan fingerprint density at radius 3 is 2.59 bits per heavy atom. The maximum absolute atomic E-state index is 13.3. The lowest BCUT2D eigenvalue weighted by atomic mass is 9.80. The van der Waals surface area contributed by atoms with Gasteiger partial charge in [-0.1, -0.05) is 54.6 Å². The van der Waals surface area contributed by atoms with Crippen molar-refractivity contribution >= 4 is 22.6 Å². The third-order valence-electron chi connectivity index (χ3n) is 8.77. The second-order valence-corrected chi connectivity index (χ2v) is 11.2. The van der Waals surface area contributed by atoms with E-state index < -0.39 is 0 Å². The quantitative estimate of drug-likeness (QED) is 0.293. The van der Waals surface area contributed by atoms with Crippen LogP contribution in [-0.4, -0.2) is 47.8 Å². The molecule has 3 aromatic carbocycles. The zero-order chi connectivity index (χ0) is 26.6. The van der Waals surface area contributed by atoms with Crippen LogP contribution in [0.2, 0.25) is 0 Å². The zero-order valence-electron chi connectivity index (χ0n) is 22.5. The zero-order valence-corrected chi connectivity index (χ0v) is 22.5. The minimum absolute atomic E-state index is 0.0777. The summed E-state index contributed by atoms with van der Waals surface area (Å²) >= 11 is 0. The molecule has 0 bridgehead atoms. The summed E-state index contributed by atoms with van der Waals surface area (Å²) in [5.41, 5.74) is 6.24. The number of aromatic amines is 1. The summed E-state index contributed by atoms with van der Waals surface area (Å²) in [7, 11) is 0. The van der Waals surface area contributed by atoms with E-state index in [1.807, 2.05) is 36.5 Å². The number of carbonyl (C=O) groups is 2. The number of amides is 1. The summed E-state index contributed by atoms with van der Waals surface area (Å²) in [6.45, 7) is 3.78. The fraction of sp³-hybridized carbons (Fsp3) is 0.353. The highest BCUT2D eigenvalue weighted by Crippen LogP contribution is 2.31. The van der Waals surface area contributed by atoms with Crippen LogP contribution < -0.4 is 5.32 Å². The Bertz CT molecular complexity index is 1450. The summed E-state index contributed by atoms with van der Waals surface area (Å²) in [6.07, 6.45) is 7.83. The van der Waals surface area contributed by atoms with Crippen LogP contribution in [0.3, 0.4) is 0 Å². The third kappa shape index (κ3) is 5.69. The summed E-state index contributed by atoms with van der Waals surface area (Å²) < 4.78 is 0. The molecule has 2 aliphatic rings. The van der Waals surface area contributed by atoms with Crippen LogP contribution in [0.15, 0.2) is 79.0 Å².